The molecule has 1 aliphatic rings. The van der Waals surface area contributed by atoms with Gasteiger partial charge in [0.05, 0.1) is 5.56 Å². The molecule has 0 radical (unpaired) electrons. The van der Waals surface area contributed by atoms with Gasteiger partial charge < -0.3 is 0 Å². The molecule has 0 atom stereocenters. The van der Waals surface area contributed by atoms with Crippen LogP contribution in [0.3, 0.4) is 0 Å². The van der Waals surface area contributed by atoms with Gasteiger partial charge in [0.1, 0.15) is 11.9 Å². The molecule has 0 bridgehead atoms. The first-order valence-corrected chi connectivity index (χ1v) is 4.48. The Labute approximate surface area is 81.0 Å². The molecule has 0 saturated heterocycles. The van der Waals surface area contributed by atoms with E-state index < -0.39 is 5.82 Å². The molecule has 0 unspecified atom stereocenters. The molecule has 1 aromatic rings. The smallest absolute Gasteiger partial charge is 0.163 e. The molecular formula is C11H8FNO. The van der Waals surface area contributed by atoms with Gasteiger partial charge in [0.25, 0.3) is 0 Å². The van der Waals surface area contributed by atoms with Crippen LogP contribution in [-0.4, -0.2) is 5.78 Å². The Morgan fingerprint density at radius 2 is 2.14 bits per heavy atom. The van der Waals surface area contributed by atoms with E-state index in [9.17, 15) is 9.18 Å². The molecule has 1 aliphatic carbocycles. The highest BCUT2D eigenvalue weighted by molar-refractivity contribution is 5.99. The molecule has 3 heteroatoms. The second kappa shape index (κ2) is 3.22. The topological polar surface area (TPSA) is 40.9 Å². The minimum atomic E-state index is -0.527. The summed E-state index contributed by atoms with van der Waals surface area (Å²) in [5, 5.41) is 8.76. The van der Waals surface area contributed by atoms with Crippen LogP contribution < -0.4 is 0 Å². The molecule has 14 heavy (non-hydrogen) atoms. The number of rotatable bonds is 0. The fourth-order valence-corrected chi connectivity index (χ4v) is 1.82. The fraction of sp³-hybridized carbons (Fsp3) is 0.273. The third-order valence-corrected chi connectivity index (χ3v) is 2.50. The lowest BCUT2D eigenvalue weighted by Crippen LogP contribution is -2.13. The summed E-state index contributed by atoms with van der Waals surface area (Å²) in [7, 11) is 0. The lowest BCUT2D eigenvalue weighted by Gasteiger charge is -2.15. The molecule has 0 heterocycles. The molecule has 1 aromatic carbocycles. The maximum absolute atomic E-state index is 13.2. The highest BCUT2D eigenvalue weighted by Crippen LogP contribution is 2.25. The fourth-order valence-electron chi connectivity index (χ4n) is 1.82. The van der Waals surface area contributed by atoms with Crippen LogP contribution in [0.4, 0.5) is 4.39 Å². The highest BCUT2D eigenvalue weighted by Gasteiger charge is 2.21. The molecule has 0 saturated carbocycles. The van der Waals surface area contributed by atoms with Gasteiger partial charge in [-0.25, -0.2) is 4.39 Å². The molecule has 0 spiro atoms. The standard InChI is InChI=1S/C11H8FNO/c12-10-5-4-8-7(9(10)6-13)2-1-3-11(8)14/h4-5H,1-3H2. The number of fused-ring (bicyclic) bond motifs is 1. The van der Waals surface area contributed by atoms with Crippen molar-refractivity contribution >= 4 is 5.78 Å². The first-order valence-electron chi connectivity index (χ1n) is 4.48. The van der Waals surface area contributed by atoms with Crippen LogP contribution in [0.5, 0.6) is 0 Å². The molecule has 70 valence electrons. The quantitative estimate of drug-likeness (QED) is 0.627. The van der Waals surface area contributed by atoms with E-state index in [1.807, 2.05) is 6.07 Å². The average molecular weight is 189 g/mol. The largest absolute Gasteiger partial charge is 0.294 e. The Balaban J connectivity index is 2.69. The van der Waals surface area contributed by atoms with Crippen molar-refractivity contribution in [1.82, 2.24) is 0 Å². The van der Waals surface area contributed by atoms with Crippen LogP contribution in [0.25, 0.3) is 0 Å². The number of carbonyl (C=O) groups excluding carboxylic acids is 1. The Hall–Kier alpha value is -1.69. The monoisotopic (exact) mass is 189 g/mol. The van der Waals surface area contributed by atoms with Crippen molar-refractivity contribution in [2.75, 3.05) is 0 Å². The van der Waals surface area contributed by atoms with Crippen molar-refractivity contribution in [3.05, 3.63) is 34.6 Å². The van der Waals surface area contributed by atoms with E-state index in [1.54, 1.807) is 0 Å². The number of benzene rings is 1. The number of nitrogens with zero attached hydrogens (tertiary/aromatic N) is 1. The van der Waals surface area contributed by atoms with Gasteiger partial charge in [0.15, 0.2) is 5.78 Å². The molecule has 0 N–H and O–H groups in total. The molecule has 0 amide bonds. The minimum Gasteiger partial charge on any atom is -0.294 e. The second-order valence-electron chi connectivity index (χ2n) is 3.34. The average Bonchev–Trinajstić information content (AvgIpc) is 2.18. The summed E-state index contributed by atoms with van der Waals surface area (Å²) >= 11 is 0. The van der Waals surface area contributed by atoms with E-state index in [0.717, 1.165) is 0 Å². The van der Waals surface area contributed by atoms with E-state index in [4.69, 9.17) is 5.26 Å². The second-order valence-corrected chi connectivity index (χ2v) is 3.34. The van der Waals surface area contributed by atoms with Gasteiger partial charge in [-0.3, -0.25) is 4.79 Å². The molecule has 0 fully saturated rings. The number of halogens is 1. The predicted molar refractivity (Wildman–Crippen MR) is 48.4 cm³/mol. The summed E-state index contributed by atoms with van der Waals surface area (Å²) in [5.41, 5.74) is 1.15. The Morgan fingerprint density at radius 1 is 1.36 bits per heavy atom. The summed E-state index contributed by atoms with van der Waals surface area (Å²) in [5.74, 6) is -0.510. The van der Waals surface area contributed by atoms with Crippen LogP contribution in [-0.2, 0) is 6.42 Å². The van der Waals surface area contributed by atoms with E-state index >= 15 is 0 Å². The van der Waals surface area contributed by atoms with Crippen molar-refractivity contribution in [3.63, 3.8) is 0 Å². The van der Waals surface area contributed by atoms with Gasteiger partial charge in [-0.05, 0) is 30.5 Å². The molecule has 2 nitrogen and oxygen atoms in total. The van der Waals surface area contributed by atoms with Crippen LogP contribution in [0.1, 0.15) is 34.3 Å². The zero-order chi connectivity index (χ0) is 10.1. The van der Waals surface area contributed by atoms with Crippen LogP contribution in [0, 0.1) is 17.1 Å². The maximum Gasteiger partial charge on any atom is 0.163 e. The molecular weight excluding hydrogens is 181 g/mol. The number of ketones is 1. The predicted octanol–water partition coefficient (Wildman–Crippen LogP) is 2.22. The third kappa shape index (κ3) is 1.20. The molecule has 0 aliphatic heterocycles. The lowest BCUT2D eigenvalue weighted by atomic mass is 9.87. The highest BCUT2D eigenvalue weighted by atomic mass is 19.1. The summed E-state index contributed by atoms with van der Waals surface area (Å²) in [6.07, 6.45) is 1.84. The van der Waals surface area contributed by atoms with Crippen LogP contribution >= 0.6 is 0 Å². The van der Waals surface area contributed by atoms with Gasteiger partial charge in [-0.15, -0.1) is 0 Å². The van der Waals surface area contributed by atoms with Crippen molar-refractivity contribution < 1.29 is 9.18 Å². The zero-order valence-electron chi connectivity index (χ0n) is 7.51. The zero-order valence-corrected chi connectivity index (χ0v) is 7.51. The van der Waals surface area contributed by atoms with Gasteiger partial charge in [-0.1, -0.05) is 0 Å². The van der Waals surface area contributed by atoms with E-state index in [0.29, 0.717) is 30.4 Å². The number of nitriles is 1. The van der Waals surface area contributed by atoms with E-state index in [2.05, 4.69) is 0 Å². The first-order chi connectivity index (χ1) is 6.74. The normalized spacial score (nSPS) is 14.7. The minimum absolute atomic E-state index is 0.0164. The van der Waals surface area contributed by atoms with Gasteiger partial charge in [-0.2, -0.15) is 5.26 Å². The van der Waals surface area contributed by atoms with Crippen molar-refractivity contribution in [2.24, 2.45) is 0 Å². The van der Waals surface area contributed by atoms with Crippen LogP contribution in [0.2, 0.25) is 0 Å². The van der Waals surface area contributed by atoms with Crippen molar-refractivity contribution in [2.45, 2.75) is 19.3 Å². The number of hydrogen-bond acceptors (Lipinski definition) is 2. The third-order valence-electron chi connectivity index (χ3n) is 2.50. The molecule has 0 aromatic heterocycles. The molecule has 2 rings (SSSR count). The van der Waals surface area contributed by atoms with Gasteiger partial charge >= 0.3 is 0 Å². The van der Waals surface area contributed by atoms with Crippen LogP contribution in [0.15, 0.2) is 12.1 Å². The summed E-state index contributed by atoms with van der Waals surface area (Å²) in [6, 6.07) is 4.49. The van der Waals surface area contributed by atoms with E-state index in [1.165, 1.54) is 12.1 Å². The lowest BCUT2D eigenvalue weighted by molar-refractivity contribution is 0.0972. The van der Waals surface area contributed by atoms with Gasteiger partial charge in [0, 0.05) is 12.0 Å². The first kappa shape index (κ1) is 8.89. The van der Waals surface area contributed by atoms with Crippen molar-refractivity contribution in [3.8, 4) is 6.07 Å². The van der Waals surface area contributed by atoms with Gasteiger partial charge in [0.2, 0.25) is 0 Å². The van der Waals surface area contributed by atoms with E-state index in [-0.39, 0.29) is 11.3 Å². The summed E-state index contributed by atoms with van der Waals surface area (Å²) in [6.45, 7) is 0. The Bertz CT molecular complexity index is 445. The summed E-state index contributed by atoms with van der Waals surface area (Å²) in [4.78, 5) is 11.4. The number of hydrogen-bond donors (Lipinski definition) is 0. The Morgan fingerprint density at radius 3 is 2.86 bits per heavy atom. The SMILES string of the molecule is N#Cc1c(F)ccc2c1CCCC2=O. The number of carbonyl (C=O) groups is 1. The maximum atomic E-state index is 13.2. The Kier molecular flexibility index (Phi) is 2.05. The summed E-state index contributed by atoms with van der Waals surface area (Å²) < 4.78 is 13.2. The number of Topliss-reactive ketones (excluding diaryl/α,β-unsaturated/α-hetero) is 1. The van der Waals surface area contributed by atoms with Crippen molar-refractivity contribution in [1.29, 1.82) is 5.26 Å².